The molecule has 1 atom stereocenters. The summed E-state index contributed by atoms with van der Waals surface area (Å²) >= 11 is 0. The average molecular weight is 361 g/mol. The second-order valence-electron chi connectivity index (χ2n) is 6.87. The number of pyridine rings is 1. The predicted molar refractivity (Wildman–Crippen MR) is 95.4 cm³/mol. The Hall–Kier alpha value is -2.15. The lowest BCUT2D eigenvalue weighted by molar-refractivity contribution is -0.140. The SMILES string of the molecule is COC(=O)N1CCCCC1C(=O)N1CCC(OCc2cccnc2)CC1. The van der Waals surface area contributed by atoms with Crippen LogP contribution in [0.25, 0.3) is 0 Å². The van der Waals surface area contributed by atoms with Crippen LogP contribution >= 0.6 is 0 Å². The van der Waals surface area contributed by atoms with E-state index in [4.69, 9.17) is 9.47 Å². The molecule has 2 amide bonds. The second-order valence-corrected chi connectivity index (χ2v) is 6.87. The molecule has 2 aliphatic heterocycles. The zero-order valence-corrected chi connectivity index (χ0v) is 15.3. The molecule has 0 N–H and O–H groups in total. The molecule has 2 fully saturated rings. The molecule has 2 aliphatic rings. The number of piperidine rings is 2. The molecule has 3 heterocycles. The number of ether oxygens (including phenoxy) is 2. The van der Waals surface area contributed by atoms with Gasteiger partial charge in [0.1, 0.15) is 6.04 Å². The average Bonchev–Trinajstić information content (AvgIpc) is 2.72. The van der Waals surface area contributed by atoms with Crippen molar-refractivity contribution in [2.24, 2.45) is 0 Å². The Morgan fingerprint density at radius 1 is 1.19 bits per heavy atom. The lowest BCUT2D eigenvalue weighted by Gasteiger charge is -2.39. The van der Waals surface area contributed by atoms with Gasteiger partial charge in [-0.15, -0.1) is 0 Å². The Kier molecular flexibility index (Phi) is 6.44. The number of carbonyl (C=O) groups excluding carboxylic acids is 2. The Morgan fingerprint density at radius 3 is 2.69 bits per heavy atom. The van der Waals surface area contributed by atoms with E-state index in [0.717, 1.165) is 31.2 Å². The first-order chi connectivity index (χ1) is 12.7. The number of methoxy groups -OCH3 is 1. The number of carbonyl (C=O) groups is 2. The Balaban J connectivity index is 1.49. The minimum Gasteiger partial charge on any atom is -0.453 e. The van der Waals surface area contributed by atoms with E-state index < -0.39 is 6.09 Å². The van der Waals surface area contributed by atoms with E-state index in [1.165, 1.54) is 7.11 Å². The molecule has 0 aromatic carbocycles. The van der Waals surface area contributed by atoms with Crippen molar-refractivity contribution in [1.29, 1.82) is 0 Å². The number of hydrogen-bond acceptors (Lipinski definition) is 5. The third-order valence-electron chi connectivity index (χ3n) is 5.16. The van der Waals surface area contributed by atoms with Crippen molar-refractivity contribution >= 4 is 12.0 Å². The Morgan fingerprint density at radius 2 is 2.00 bits per heavy atom. The van der Waals surface area contributed by atoms with Gasteiger partial charge in [-0.2, -0.15) is 0 Å². The number of likely N-dealkylation sites (tertiary alicyclic amines) is 2. The van der Waals surface area contributed by atoms with Gasteiger partial charge in [0, 0.05) is 32.0 Å². The van der Waals surface area contributed by atoms with Crippen LogP contribution in [0.15, 0.2) is 24.5 Å². The predicted octanol–water partition coefficient (Wildman–Crippen LogP) is 2.21. The molecule has 0 spiro atoms. The third kappa shape index (κ3) is 4.52. The molecule has 7 nitrogen and oxygen atoms in total. The molecule has 0 aliphatic carbocycles. The van der Waals surface area contributed by atoms with Gasteiger partial charge >= 0.3 is 6.09 Å². The van der Waals surface area contributed by atoms with Crippen molar-refractivity contribution in [3.8, 4) is 0 Å². The molecule has 7 heteroatoms. The minimum atomic E-state index is -0.405. The van der Waals surface area contributed by atoms with Crippen LogP contribution in [0.5, 0.6) is 0 Å². The highest BCUT2D eigenvalue weighted by atomic mass is 16.5. The van der Waals surface area contributed by atoms with Gasteiger partial charge in [-0.1, -0.05) is 6.07 Å². The van der Waals surface area contributed by atoms with Gasteiger partial charge in [0.05, 0.1) is 19.8 Å². The van der Waals surface area contributed by atoms with Gasteiger partial charge in [-0.05, 0) is 43.7 Å². The molecule has 1 unspecified atom stereocenters. The van der Waals surface area contributed by atoms with Crippen LogP contribution in [0.1, 0.15) is 37.7 Å². The number of hydrogen-bond donors (Lipinski definition) is 0. The molecular weight excluding hydrogens is 334 g/mol. The quantitative estimate of drug-likeness (QED) is 0.822. The van der Waals surface area contributed by atoms with Crippen LogP contribution in [-0.2, 0) is 20.9 Å². The van der Waals surface area contributed by atoms with E-state index in [0.29, 0.717) is 32.7 Å². The maximum Gasteiger partial charge on any atom is 0.410 e. The smallest absolute Gasteiger partial charge is 0.410 e. The first-order valence-electron chi connectivity index (χ1n) is 9.33. The first kappa shape index (κ1) is 18.6. The van der Waals surface area contributed by atoms with Crippen molar-refractivity contribution in [2.45, 2.75) is 50.9 Å². The number of rotatable bonds is 4. The molecule has 1 aromatic heterocycles. The first-order valence-corrected chi connectivity index (χ1v) is 9.33. The van der Waals surface area contributed by atoms with Gasteiger partial charge in [-0.25, -0.2) is 4.79 Å². The van der Waals surface area contributed by atoms with E-state index >= 15 is 0 Å². The zero-order chi connectivity index (χ0) is 18.4. The Labute approximate surface area is 154 Å². The maximum absolute atomic E-state index is 12.9. The maximum atomic E-state index is 12.9. The Bertz CT molecular complexity index is 602. The van der Waals surface area contributed by atoms with Gasteiger partial charge in [0.15, 0.2) is 0 Å². The lowest BCUT2D eigenvalue weighted by atomic mass is 9.99. The van der Waals surface area contributed by atoms with Crippen LogP contribution in [0.4, 0.5) is 4.79 Å². The van der Waals surface area contributed by atoms with Crippen LogP contribution in [0, 0.1) is 0 Å². The van der Waals surface area contributed by atoms with Gasteiger partial charge < -0.3 is 14.4 Å². The van der Waals surface area contributed by atoms with Crippen molar-refractivity contribution in [3.63, 3.8) is 0 Å². The highest BCUT2D eigenvalue weighted by Gasteiger charge is 2.36. The van der Waals surface area contributed by atoms with Crippen LogP contribution in [0.3, 0.4) is 0 Å². The fraction of sp³-hybridized carbons (Fsp3) is 0.632. The normalized spacial score (nSPS) is 21.5. The molecule has 1 aromatic rings. The minimum absolute atomic E-state index is 0.0424. The topological polar surface area (TPSA) is 72.0 Å². The largest absolute Gasteiger partial charge is 0.453 e. The monoisotopic (exact) mass is 361 g/mol. The second kappa shape index (κ2) is 8.98. The van der Waals surface area contributed by atoms with E-state index in [1.807, 2.05) is 23.2 Å². The highest BCUT2D eigenvalue weighted by Crippen LogP contribution is 2.23. The van der Waals surface area contributed by atoms with Crippen LogP contribution in [0.2, 0.25) is 0 Å². The molecule has 142 valence electrons. The fourth-order valence-electron chi connectivity index (χ4n) is 3.68. The number of nitrogens with zero attached hydrogens (tertiary/aromatic N) is 3. The molecule has 0 saturated carbocycles. The van der Waals surface area contributed by atoms with E-state index in [2.05, 4.69) is 4.98 Å². The van der Waals surface area contributed by atoms with Gasteiger partial charge in [0.25, 0.3) is 0 Å². The third-order valence-corrected chi connectivity index (χ3v) is 5.16. The summed E-state index contributed by atoms with van der Waals surface area (Å²) in [5.41, 5.74) is 1.06. The van der Waals surface area contributed by atoms with Gasteiger partial charge in [0.2, 0.25) is 5.91 Å². The molecule has 2 saturated heterocycles. The van der Waals surface area contributed by atoms with Crippen molar-refractivity contribution in [2.75, 3.05) is 26.7 Å². The summed E-state index contributed by atoms with van der Waals surface area (Å²) in [6, 6.07) is 3.51. The molecule has 0 radical (unpaired) electrons. The lowest BCUT2D eigenvalue weighted by Crippen LogP contribution is -2.54. The van der Waals surface area contributed by atoms with Crippen LogP contribution < -0.4 is 0 Å². The van der Waals surface area contributed by atoms with Crippen molar-refractivity contribution in [1.82, 2.24) is 14.8 Å². The van der Waals surface area contributed by atoms with E-state index in [-0.39, 0.29) is 18.1 Å². The highest BCUT2D eigenvalue weighted by molar-refractivity contribution is 5.86. The number of amides is 2. The molecular formula is C19H27N3O4. The standard InChI is InChI=1S/C19H27N3O4/c1-25-19(24)22-10-3-2-6-17(22)18(23)21-11-7-16(8-12-21)26-14-15-5-4-9-20-13-15/h4-5,9,13,16-17H,2-3,6-8,10-12,14H2,1H3. The summed E-state index contributed by atoms with van der Waals surface area (Å²) in [7, 11) is 1.36. The van der Waals surface area contributed by atoms with Crippen molar-refractivity contribution < 1.29 is 19.1 Å². The summed E-state index contributed by atoms with van der Waals surface area (Å²) in [6.07, 6.45) is 7.54. The van der Waals surface area contributed by atoms with Crippen LogP contribution in [-0.4, -0.2) is 65.7 Å². The summed E-state index contributed by atoms with van der Waals surface area (Å²) in [4.78, 5) is 32.4. The fourth-order valence-corrected chi connectivity index (χ4v) is 3.68. The molecule has 26 heavy (non-hydrogen) atoms. The van der Waals surface area contributed by atoms with Gasteiger partial charge in [-0.3, -0.25) is 14.7 Å². The zero-order valence-electron chi connectivity index (χ0n) is 15.3. The molecule has 0 bridgehead atoms. The van der Waals surface area contributed by atoms with E-state index in [9.17, 15) is 9.59 Å². The van der Waals surface area contributed by atoms with E-state index in [1.54, 1.807) is 11.1 Å². The summed E-state index contributed by atoms with van der Waals surface area (Å²) in [5.74, 6) is 0.0424. The summed E-state index contributed by atoms with van der Waals surface area (Å²) in [6.45, 7) is 2.48. The van der Waals surface area contributed by atoms with Crippen molar-refractivity contribution in [3.05, 3.63) is 30.1 Å². The summed E-state index contributed by atoms with van der Waals surface area (Å²) < 4.78 is 10.8. The number of aromatic nitrogens is 1. The molecule has 3 rings (SSSR count). The summed E-state index contributed by atoms with van der Waals surface area (Å²) in [5, 5.41) is 0.